The first-order chi connectivity index (χ1) is 35.5. The van der Waals surface area contributed by atoms with Gasteiger partial charge in [-0.25, -0.2) is 0 Å². The summed E-state index contributed by atoms with van der Waals surface area (Å²) in [5, 5.41) is 4.67. The van der Waals surface area contributed by atoms with Gasteiger partial charge in [-0.1, -0.05) is 244 Å². The first kappa shape index (κ1) is 42.4. The summed E-state index contributed by atoms with van der Waals surface area (Å²) in [6, 6.07) is 92.8. The van der Waals surface area contributed by atoms with Crippen molar-refractivity contribution in [3.63, 3.8) is 0 Å². The van der Waals surface area contributed by atoms with Crippen molar-refractivity contribution in [2.24, 2.45) is 0 Å². The zero-order valence-corrected chi connectivity index (χ0v) is 40.6. The lowest BCUT2D eigenvalue weighted by atomic mass is 9.67. The minimum absolute atomic E-state index is 0.0738. The van der Waals surface area contributed by atoms with E-state index in [0.29, 0.717) is 0 Å². The predicted octanol–water partition coefficient (Wildman–Crippen LogP) is 18.5. The normalized spacial score (nSPS) is 14.2. The van der Waals surface area contributed by atoms with Crippen LogP contribution in [0.4, 0.5) is 0 Å². The first-order valence-corrected chi connectivity index (χ1v) is 25.6. The lowest BCUT2D eigenvalue weighted by Gasteiger charge is -2.34. The molecular weight excluding hydrogens is 869 g/mol. The van der Waals surface area contributed by atoms with Crippen LogP contribution in [0.3, 0.4) is 0 Å². The lowest BCUT2D eigenvalue weighted by Crippen LogP contribution is -2.28. The Morgan fingerprint density at radius 1 is 0.375 bits per heavy atom. The molecular formula is C71H52O. The number of fused-ring (bicyclic) bond motifs is 11. The van der Waals surface area contributed by atoms with Gasteiger partial charge in [-0.3, -0.25) is 0 Å². The number of aryl methyl sites for hydroxylation is 1. The minimum atomic E-state index is -0.451. The zero-order chi connectivity index (χ0) is 48.0. The van der Waals surface area contributed by atoms with Gasteiger partial charge in [0, 0.05) is 27.5 Å². The maximum absolute atomic E-state index is 7.07. The van der Waals surface area contributed by atoms with Crippen molar-refractivity contribution in [2.75, 3.05) is 0 Å². The Hall–Kier alpha value is -8.52. The van der Waals surface area contributed by atoms with Crippen LogP contribution in [0.2, 0.25) is 0 Å². The number of hydrogen-bond donors (Lipinski definition) is 0. The van der Waals surface area contributed by atoms with Crippen LogP contribution < -0.4 is 0 Å². The topological polar surface area (TPSA) is 13.1 Å². The van der Waals surface area contributed by atoms with Gasteiger partial charge < -0.3 is 4.42 Å². The summed E-state index contributed by atoms with van der Waals surface area (Å²) < 4.78 is 7.07. The van der Waals surface area contributed by atoms with Crippen LogP contribution >= 0.6 is 0 Å². The highest BCUT2D eigenvalue weighted by Gasteiger charge is 2.46. The fourth-order valence-corrected chi connectivity index (χ4v) is 13.1. The third-order valence-corrected chi connectivity index (χ3v) is 16.4. The Labute approximate surface area is 421 Å². The van der Waals surface area contributed by atoms with E-state index in [0.717, 1.165) is 40.2 Å². The molecule has 72 heavy (non-hydrogen) atoms. The third-order valence-electron chi connectivity index (χ3n) is 16.4. The standard InChI is InChI=1S/C71H52O/c1-70(2)64-33-19-17-30-54(64)56-40-37-49(42-66(56)70)52(38-35-46-36-39-57-55-31-18-20-34-65(55)71(67(57)41-46,50-25-11-5-12-26-50)51-27-13-6-14-28-51)61-44-63-62-43-59(47-21-7-3-8-22-47)60(48-23-9-4-10-24-48)45-68(62)72-69(63)58-32-16-15-29-53(58)61/h3-34,36-37,39-45,52H,35,38H2,1-2H3. The largest absolute Gasteiger partial charge is 0.455 e. The van der Waals surface area contributed by atoms with Crippen molar-refractivity contribution >= 4 is 32.7 Å². The Morgan fingerprint density at radius 2 is 0.903 bits per heavy atom. The monoisotopic (exact) mass is 920 g/mol. The summed E-state index contributed by atoms with van der Waals surface area (Å²) in [4.78, 5) is 0. The van der Waals surface area contributed by atoms with Crippen LogP contribution in [0.1, 0.15) is 76.3 Å². The molecule has 1 heteroatoms. The molecule has 0 saturated carbocycles. The van der Waals surface area contributed by atoms with Gasteiger partial charge in [0.25, 0.3) is 0 Å². The van der Waals surface area contributed by atoms with E-state index in [1.807, 2.05) is 0 Å². The van der Waals surface area contributed by atoms with E-state index in [2.05, 4.69) is 263 Å². The van der Waals surface area contributed by atoms with Gasteiger partial charge in [0.15, 0.2) is 0 Å². The molecule has 0 N–H and O–H groups in total. The summed E-state index contributed by atoms with van der Waals surface area (Å²) in [6.07, 6.45) is 1.81. The molecule has 1 nitrogen and oxygen atoms in total. The van der Waals surface area contributed by atoms with Crippen molar-refractivity contribution in [3.8, 4) is 44.5 Å². The Balaban J connectivity index is 0.968. The smallest absolute Gasteiger partial charge is 0.143 e. The molecule has 0 bridgehead atoms. The zero-order valence-electron chi connectivity index (χ0n) is 40.6. The second-order valence-corrected chi connectivity index (χ2v) is 20.6. The van der Waals surface area contributed by atoms with E-state index in [4.69, 9.17) is 4.42 Å². The molecule has 1 heterocycles. The molecule has 12 aromatic rings. The molecule has 0 fully saturated rings. The van der Waals surface area contributed by atoms with Crippen LogP contribution in [0.15, 0.2) is 253 Å². The summed E-state index contributed by atoms with van der Waals surface area (Å²) in [7, 11) is 0. The highest BCUT2D eigenvalue weighted by molar-refractivity contribution is 6.17. The fraction of sp³-hybridized carbons (Fsp3) is 0.0986. The third kappa shape index (κ3) is 6.40. The van der Waals surface area contributed by atoms with Crippen LogP contribution in [0.5, 0.6) is 0 Å². The molecule has 0 saturated heterocycles. The molecule has 1 unspecified atom stereocenters. The average molecular weight is 921 g/mol. The van der Waals surface area contributed by atoms with Gasteiger partial charge in [-0.2, -0.15) is 0 Å². The highest BCUT2D eigenvalue weighted by Crippen LogP contribution is 2.57. The Morgan fingerprint density at radius 3 is 1.58 bits per heavy atom. The van der Waals surface area contributed by atoms with Gasteiger partial charge in [-0.15, -0.1) is 0 Å². The van der Waals surface area contributed by atoms with Gasteiger partial charge in [-0.05, 0) is 131 Å². The van der Waals surface area contributed by atoms with E-state index >= 15 is 0 Å². The number of furan rings is 1. The van der Waals surface area contributed by atoms with E-state index in [9.17, 15) is 0 Å². The molecule has 0 radical (unpaired) electrons. The molecule has 0 spiro atoms. The predicted molar refractivity (Wildman–Crippen MR) is 300 cm³/mol. The number of hydrogen-bond acceptors (Lipinski definition) is 1. The van der Waals surface area contributed by atoms with Crippen molar-refractivity contribution in [2.45, 2.75) is 43.4 Å². The molecule has 0 aliphatic heterocycles. The summed E-state index contributed by atoms with van der Waals surface area (Å²) in [5.41, 5.74) is 23.4. The van der Waals surface area contributed by atoms with Crippen molar-refractivity contribution in [1.82, 2.24) is 0 Å². The van der Waals surface area contributed by atoms with E-state index in [1.165, 1.54) is 100.0 Å². The van der Waals surface area contributed by atoms with Crippen LogP contribution in [-0.4, -0.2) is 0 Å². The quantitative estimate of drug-likeness (QED) is 0.141. The van der Waals surface area contributed by atoms with Gasteiger partial charge >= 0.3 is 0 Å². The molecule has 2 aliphatic carbocycles. The van der Waals surface area contributed by atoms with E-state index in [-0.39, 0.29) is 11.3 Å². The second kappa shape index (κ2) is 16.5. The summed E-state index contributed by atoms with van der Waals surface area (Å²) >= 11 is 0. The average Bonchev–Trinajstić information content (AvgIpc) is 4.04. The minimum Gasteiger partial charge on any atom is -0.455 e. The Kier molecular flexibility index (Phi) is 9.73. The fourth-order valence-electron chi connectivity index (χ4n) is 13.1. The maximum Gasteiger partial charge on any atom is 0.143 e. The van der Waals surface area contributed by atoms with E-state index < -0.39 is 5.41 Å². The maximum atomic E-state index is 7.07. The number of rotatable bonds is 9. The molecule has 1 aromatic heterocycles. The molecule has 2 aliphatic rings. The molecule has 11 aromatic carbocycles. The van der Waals surface area contributed by atoms with Gasteiger partial charge in [0.1, 0.15) is 11.2 Å². The van der Waals surface area contributed by atoms with Gasteiger partial charge in [0.05, 0.1) is 5.41 Å². The summed E-state index contributed by atoms with van der Waals surface area (Å²) in [6.45, 7) is 4.80. The highest BCUT2D eigenvalue weighted by atomic mass is 16.3. The second-order valence-electron chi connectivity index (χ2n) is 20.6. The molecule has 0 amide bonds. The van der Waals surface area contributed by atoms with Crippen molar-refractivity contribution < 1.29 is 4.42 Å². The first-order valence-electron chi connectivity index (χ1n) is 25.6. The molecule has 1 atom stereocenters. The SMILES string of the molecule is CC1(C)c2ccccc2-c2ccc(C(CCc3ccc4c(c3)C(c3ccccc3)(c3ccccc3)c3ccccc3-4)c3cc4c5cc(-c6ccccc6)c(-c6ccccc6)cc5oc4c4ccccc34)cc21. The van der Waals surface area contributed by atoms with Crippen LogP contribution in [-0.2, 0) is 17.3 Å². The molecule has 14 rings (SSSR count). The van der Waals surface area contributed by atoms with Crippen LogP contribution in [0, 0.1) is 0 Å². The van der Waals surface area contributed by atoms with E-state index in [1.54, 1.807) is 0 Å². The van der Waals surface area contributed by atoms with Gasteiger partial charge in [0.2, 0.25) is 0 Å². The molecule has 342 valence electrons. The lowest BCUT2D eigenvalue weighted by molar-refractivity contribution is 0.654. The summed E-state index contributed by atoms with van der Waals surface area (Å²) in [5.74, 6) is 0.0738. The number of benzene rings is 11. The van der Waals surface area contributed by atoms with Crippen molar-refractivity contribution in [1.29, 1.82) is 0 Å². The van der Waals surface area contributed by atoms with Crippen LogP contribution in [0.25, 0.3) is 77.2 Å². The Bertz CT molecular complexity index is 4010. The van der Waals surface area contributed by atoms with Crippen molar-refractivity contribution in [3.05, 3.63) is 299 Å².